The highest BCUT2D eigenvalue weighted by Crippen LogP contribution is 2.26. The molecule has 1 amide bonds. The molecule has 6 heteroatoms. The molecule has 31 heavy (non-hydrogen) atoms. The molecule has 2 aromatic carbocycles. The van der Waals surface area contributed by atoms with Gasteiger partial charge in [-0.25, -0.2) is 4.98 Å². The van der Waals surface area contributed by atoms with E-state index in [2.05, 4.69) is 39.1 Å². The maximum Gasteiger partial charge on any atom is 0.211 e. The lowest BCUT2D eigenvalue weighted by molar-refractivity contribution is -0.105. The average Bonchev–Trinajstić information content (AvgIpc) is 3.62. The summed E-state index contributed by atoms with van der Waals surface area (Å²) in [6.45, 7) is 2.28. The summed E-state index contributed by atoms with van der Waals surface area (Å²) in [5.74, 6) is 1.96. The molecule has 0 aliphatic heterocycles. The fourth-order valence-corrected chi connectivity index (χ4v) is 3.07. The van der Waals surface area contributed by atoms with Crippen LogP contribution in [-0.2, 0) is 4.79 Å². The van der Waals surface area contributed by atoms with Crippen molar-refractivity contribution in [2.24, 2.45) is 5.92 Å². The van der Waals surface area contributed by atoms with Gasteiger partial charge < -0.3 is 10.0 Å². The molecule has 0 saturated heterocycles. The Morgan fingerprint density at radius 3 is 2.39 bits per heavy atom. The number of aromatic nitrogens is 2. The van der Waals surface area contributed by atoms with Crippen LogP contribution < -0.4 is 10.0 Å². The predicted octanol–water partition coefficient (Wildman–Crippen LogP) is 6.42. The van der Waals surface area contributed by atoms with E-state index in [0.29, 0.717) is 6.41 Å². The molecule has 2 N–H and O–H groups in total. The Kier molecular flexibility index (Phi) is 8.88. The molecule has 2 aromatic heterocycles. The van der Waals surface area contributed by atoms with Gasteiger partial charge in [-0.1, -0.05) is 50.1 Å². The molecular formula is C25H26N4OS. The van der Waals surface area contributed by atoms with Gasteiger partial charge in [-0.05, 0) is 65.7 Å². The number of carbonyl (C=O) groups excluding carboxylic acids is 1. The largest absolute Gasteiger partial charge is 0.329 e. The molecule has 0 bridgehead atoms. The van der Waals surface area contributed by atoms with E-state index in [1.165, 1.54) is 17.7 Å². The summed E-state index contributed by atoms with van der Waals surface area (Å²) in [4.78, 5) is 19.5. The Morgan fingerprint density at radius 1 is 0.935 bits per heavy atom. The van der Waals surface area contributed by atoms with Gasteiger partial charge in [0.05, 0.1) is 0 Å². The first-order valence-corrected chi connectivity index (χ1v) is 11.0. The second-order valence-electron chi connectivity index (χ2n) is 7.11. The predicted molar refractivity (Wildman–Crippen MR) is 130 cm³/mol. The number of amides is 1. The molecular weight excluding hydrogens is 404 g/mol. The van der Waals surface area contributed by atoms with Crippen LogP contribution in [0.5, 0.6) is 0 Å². The first-order chi connectivity index (χ1) is 15.2. The molecule has 2 heterocycles. The van der Waals surface area contributed by atoms with Gasteiger partial charge in [-0.3, -0.25) is 9.78 Å². The summed E-state index contributed by atoms with van der Waals surface area (Å²) in [5.41, 5.74) is 0.800. The number of nitrogens with one attached hydrogen (secondary N) is 2. The van der Waals surface area contributed by atoms with Crippen molar-refractivity contribution in [1.29, 1.82) is 0 Å². The quantitative estimate of drug-likeness (QED) is 0.282. The molecule has 5 nitrogen and oxygen atoms in total. The SMILES string of the molecule is CC1CC1.O=CNc1ccc2cnccc2c1.c1ccc(SNc2ccccn2)cc1. The van der Waals surface area contributed by atoms with Gasteiger partial charge in [0.2, 0.25) is 6.41 Å². The minimum Gasteiger partial charge on any atom is -0.329 e. The van der Waals surface area contributed by atoms with Crippen molar-refractivity contribution in [1.82, 2.24) is 9.97 Å². The smallest absolute Gasteiger partial charge is 0.211 e. The third-order valence-electron chi connectivity index (χ3n) is 4.41. The minimum absolute atomic E-state index is 0.669. The first kappa shape index (κ1) is 22.3. The highest BCUT2D eigenvalue weighted by molar-refractivity contribution is 8.00. The van der Waals surface area contributed by atoms with Crippen LogP contribution in [0.15, 0.2) is 96.3 Å². The van der Waals surface area contributed by atoms with E-state index < -0.39 is 0 Å². The van der Waals surface area contributed by atoms with Crippen LogP contribution in [0.25, 0.3) is 10.8 Å². The summed E-state index contributed by atoms with van der Waals surface area (Å²) < 4.78 is 3.17. The zero-order chi connectivity index (χ0) is 21.7. The first-order valence-electron chi connectivity index (χ1n) is 10.2. The number of rotatable bonds is 5. The van der Waals surface area contributed by atoms with Crippen molar-refractivity contribution in [3.05, 3.63) is 91.4 Å². The number of fused-ring (bicyclic) bond motifs is 1. The summed E-state index contributed by atoms with van der Waals surface area (Å²) in [6.07, 6.45) is 8.93. The molecule has 1 fully saturated rings. The molecule has 158 valence electrons. The summed E-state index contributed by atoms with van der Waals surface area (Å²) >= 11 is 1.56. The van der Waals surface area contributed by atoms with Gasteiger partial charge in [0.1, 0.15) is 5.82 Å². The fraction of sp³-hybridized carbons (Fsp3) is 0.160. The third kappa shape index (κ3) is 8.48. The molecule has 4 aromatic rings. The third-order valence-corrected chi connectivity index (χ3v) is 5.23. The van der Waals surface area contributed by atoms with Crippen molar-refractivity contribution >= 4 is 40.6 Å². The van der Waals surface area contributed by atoms with Crippen LogP contribution in [0, 0.1) is 5.92 Å². The van der Waals surface area contributed by atoms with Gasteiger partial charge in [0.15, 0.2) is 0 Å². The lowest BCUT2D eigenvalue weighted by Gasteiger charge is -2.02. The Morgan fingerprint density at radius 2 is 1.71 bits per heavy atom. The number of hydrogen-bond donors (Lipinski definition) is 2. The minimum atomic E-state index is 0.669. The van der Waals surface area contributed by atoms with Crippen LogP contribution in [0.2, 0.25) is 0 Å². The number of hydrogen-bond acceptors (Lipinski definition) is 5. The van der Waals surface area contributed by atoms with E-state index in [9.17, 15) is 4.79 Å². The number of benzene rings is 2. The lowest BCUT2D eigenvalue weighted by atomic mass is 10.1. The van der Waals surface area contributed by atoms with Gasteiger partial charge in [-0.15, -0.1) is 0 Å². The van der Waals surface area contributed by atoms with E-state index in [1.54, 1.807) is 30.5 Å². The number of carbonyl (C=O) groups is 1. The van der Waals surface area contributed by atoms with E-state index in [-0.39, 0.29) is 0 Å². The Labute approximate surface area is 187 Å². The number of anilines is 2. The molecule has 0 spiro atoms. The lowest BCUT2D eigenvalue weighted by Crippen LogP contribution is -1.92. The highest BCUT2D eigenvalue weighted by Gasteiger charge is 2.12. The van der Waals surface area contributed by atoms with E-state index in [4.69, 9.17) is 0 Å². The number of nitrogens with zero attached hydrogens (tertiary/aromatic N) is 2. The van der Waals surface area contributed by atoms with Crippen molar-refractivity contribution in [3.8, 4) is 0 Å². The van der Waals surface area contributed by atoms with Crippen molar-refractivity contribution in [2.45, 2.75) is 24.7 Å². The van der Waals surface area contributed by atoms with Crippen molar-refractivity contribution < 1.29 is 4.79 Å². The monoisotopic (exact) mass is 430 g/mol. The van der Waals surface area contributed by atoms with Crippen LogP contribution in [0.4, 0.5) is 11.5 Å². The maximum absolute atomic E-state index is 10.2. The molecule has 0 atom stereocenters. The maximum atomic E-state index is 10.2. The second-order valence-corrected chi connectivity index (χ2v) is 7.99. The summed E-state index contributed by atoms with van der Waals surface area (Å²) in [6, 6.07) is 23.5. The molecule has 0 radical (unpaired) electrons. The van der Waals surface area contributed by atoms with E-state index in [1.807, 2.05) is 60.7 Å². The van der Waals surface area contributed by atoms with Gasteiger partial charge in [0, 0.05) is 34.6 Å². The molecule has 1 aliphatic rings. The van der Waals surface area contributed by atoms with Crippen molar-refractivity contribution in [3.63, 3.8) is 0 Å². The highest BCUT2D eigenvalue weighted by atomic mass is 32.2. The zero-order valence-corrected chi connectivity index (χ0v) is 18.3. The molecule has 1 saturated carbocycles. The summed E-state index contributed by atoms with van der Waals surface area (Å²) in [7, 11) is 0. The van der Waals surface area contributed by atoms with Crippen LogP contribution in [0.3, 0.4) is 0 Å². The van der Waals surface area contributed by atoms with Gasteiger partial charge >= 0.3 is 0 Å². The molecule has 1 aliphatic carbocycles. The van der Waals surface area contributed by atoms with Crippen LogP contribution >= 0.6 is 11.9 Å². The molecule has 0 unspecified atom stereocenters. The normalized spacial score (nSPS) is 11.9. The second kappa shape index (κ2) is 12.3. The molecule has 5 rings (SSSR count). The van der Waals surface area contributed by atoms with Crippen molar-refractivity contribution in [2.75, 3.05) is 10.0 Å². The topological polar surface area (TPSA) is 66.9 Å². The van der Waals surface area contributed by atoms with Crippen LogP contribution in [0.1, 0.15) is 19.8 Å². The average molecular weight is 431 g/mol. The Balaban J connectivity index is 0.000000149. The van der Waals surface area contributed by atoms with Crippen LogP contribution in [-0.4, -0.2) is 16.4 Å². The zero-order valence-electron chi connectivity index (χ0n) is 17.4. The Bertz CT molecular complexity index is 1020. The van der Waals surface area contributed by atoms with E-state index >= 15 is 0 Å². The fourth-order valence-electron chi connectivity index (χ4n) is 2.43. The van der Waals surface area contributed by atoms with E-state index in [0.717, 1.165) is 28.2 Å². The summed E-state index contributed by atoms with van der Waals surface area (Å²) in [5, 5.41) is 4.74. The Hall–Kier alpha value is -3.38. The van der Waals surface area contributed by atoms with Gasteiger partial charge in [-0.2, -0.15) is 0 Å². The standard InChI is InChI=1S/C11H10N2S.C10H8N2O.C4H8/c1-2-6-10(7-3-1)14-13-11-8-4-5-9-12-11;13-7-12-10-2-1-9-6-11-4-3-8(9)5-10;1-4-2-3-4/h1-9H,(H,12,13);1-7H,(H,12,13);4H,2-3H2,1H3. The number of pyridine rings is 2. The van der Waals surface area contributed by atoms with Gasteiger partial charge in [0.25, 0.3) is 0 Å².